The van der Waals surface area contributed by atoms with Gasteiger partial charge in [0, 0.05) is 0 Å². The maximum atomic E-state index is 2.41. The van der Waals surface area contributed by atoms with Crippen LogP contribution in [-0.4, -0.2) is 0 Å². The van der Waals surface area contributed by atoms with Crippen molar-refractivity contribution in [2.45, 2.75) is 78.6 Å². The van der Waals surface area contributed by atoms with E-state index in [2.05, 4.69) is 20.8 Å². The number of hydrogen-bond donors (Lipinski definition) is 0. The van der Waals surface area contributed by atoms with Crippen molar-refractivity contribution in [3.8, 4) is 0 Å². The molecule has 0 unspecified atom stereocenters. The van der Waals surface area contributed by atoms with Gasteiger partial charge in [0.05, 0.1) is 0 Å². The first-order chi connectivity index (χ1) is 8.20. The van der Waals surface area contributed by atoms with Crippen LogP contribution in [0.2, 0.25) is 0 Å². The van der Waals surface area contributed by atoms with Crippen LogP contribution in [0.25, 0.3) is 0 Å². The molecule has 0 saturated heterocycles. The van der Waals surface area contributed by atoms with Crippen LogP contribution in [0.1, 0.15) is 78.6 Å². The van der Waals surface area contributed by atoms with Crippen LogP contribution < -0.4 is 0 Å². The molecule has 0 heterocycles. The molecule has 0 N–H and O–H groups in total. The van der Waals surface area contributed by atoms with E-state index in [9.17, 15) is 0 Å². The van der Waals surface area contributed by atoms with Crippen LogP contribution in [0.5, 0.6) is 0 Å². The van der Waals surface area contributed by atoms with Crippen LogP contribution in [-0.2, 0) is 0 Å². The van der Waals surface area contributed by atoms with Crippen LogP contribution in [0.4, 0.5) is 0 Å². The van der Waals surface area contributed by atoms with Crippen molar-refractivity contribution in [2.24, 2.45) is 29.6 Å². The van der Waals surface area contributed by atoms with Crippen LogP contribution in [0.15, 0.2) is 0 Å². The Morgan fingerprint density at radius 2 is 1.24 bits per heavy atom. The number of rotatable bonds is 3. The molecule has 0 amide bonds. The molecule has 17 heavy (non-hydrogen) atoms. The fourth-order valence-corrected chi connectivity index (χ4v) is 4.35. The highest BCUT2D eigenvalue weighted by Gasteiger charge is 2.30. The second kappa shape index (κ2) is 6.25. The van der Waals surface area contributed by atoms with Crippen molar-refractivity contribution in [3.63, 3.8) is 0 Å². The highest BCUT2D eigenvalue weighted by Crippen LogP contribution is 2.43. The summed E-state index contributed by atoms with van der Waals surface area (Å²) in [6.45, 7) is 7.20. The third kappa shape index (κ3) is 3.48. The van der Waals surface area contributed by atoms with Gasteiger partial charge in [-0.2, -0.15) is 0 Å². The van der Waals surface area contributed by atoms with E-state index in [0.717, 1.165) is 29.6 Å². The zero-order valence-corrected chi connectivity index (χ0v) is 12.3. The molecule has 0 nitrogen and oxygen atoms in total. The molecule has 100 valence electrons. The normalized spacial score (nSPS) is 39.5. The minimum atomic E-state index is 0.923. The van der Waals surface area contributed by atoms with Gasteiger partial charge in [-0.15, -0.1) is 0 Å². The molecule has 2 rings (SSSR count). The van der Waals surface area contributed by atoms with E-state index in [1.54, 1.807) is 25.7 Å². The molecule has 0 aromatic rings. The summed E-state index contributed by atoms with van der Waals surface area (Å²) in [6.07, 6.45) is 13.7. The summed E-state index contributed by atoms with van der Waals surface area (Å²) in [6, 6.07) is 0. The van der Waals surface area contributed by atoms with E-state index in [1.807, 2.05) is 0 Å². The third-order valence-corrected chi connectivity index (χ3v) is 5.89. The van der Waals surface area contributed by atoms with Crippen LogP contribution in [0.3, 0.4) is 0 Å². The molecule has 2 aliphatic carbocycles. The second-order valence-corrected chi connectivity index (χ2v) is 7.11. The predicted molar refractivity (Wildman–Crippen MR) is 76.0 cm³/mol. The average molecular weight is 236 g/mol. The van der Waals surface area contributed by atoms with Gasteiger partial charge >= 0.3 is 0 Å². The SMILES string of the molecule is CCC1CCC(C2CCC(C(C)C)CC2)CC1. The fraction of sp³-hybridized carbons (Fsp3) is 1.00. The lowest BCUT2D eigenvalue weighted by molar-refractivity contribution is 0.131. The Bertz CT molecular complexity index is 202. The minimum Gasteiger partial charge on any atom is -0.0651 e. The van der Waals surface area contributed by atoms with Gasteiger partial charge < -0.3 is 0 Å². The number of hydrogen-bond acceptors (Lipinski definition) is 0. The van der Waals surface area contributed by atoms with E-state index in [0.29, 0.717) is 0 Å². The van der Waals surface area contributed by atoms with Crippen molar-refractivity contribution in [1.82, 2.24) is 0 Å². The maximum Gasteiger partial charge on any atom is -0.0386 e. The van der Waals surface area contributed by atoms with Gasteiger partial charge in [0.2, 0.25) is 0 Å². The first-order valence-corrected chi connectivity index (χ1v) is 8.20. The van der Waals surface area contributed by atoms with Gasteiger partial charge in [0.15, 0.2) is 0 Å². The topological polar surface area (TPSA) is 0 Å². The molecule has 0 spiro atoms. The molecular weight excluding hydrogens is 204 g/mol. The van der Waals surface area contributed by atoms with Crippen LogP contribution in [0, 0.1) is 29.6 Å². The molecule has 0 aromatic carbocycles. The molecule has 0 radical (unpaired) electrons. The Kier molecular flexibility index (Phi) is 4.94. The lowest BCUT2D eigenvalue weighted by Crippen LogP contribution is -2.27. The third-order valence-electron chi connectivity index (χ3n) is 5.89. The van der Waals surface area contributed by atoms with Gasteiger partial charge in [-0.1, -0.05) is 40.0 Å². The standard InChI is InChI=1S/C17H32/c1-4-14-5-7-16(8-6-14)17-11-9-15(10-12-17)13(2)3/h13-17H,4-12H2,1-3H3. The van der Waals surface area contributed by atoms with E-state index in [1.165, 1.54) is 32.1 Å². The van der Waals surface area contributed by atoms with Crippen molar-refractivity contribution in [3.05, 3.63) is 0 Å². The Labute approximate surface area is 109 Å². The van der Waals surface area contributed by atoms with Gasteiger partial charge in [-0.05, 0) is 68.1 Å². The van der Waals surface area contributed by atoms with E-state index in [4.69, 9.17) is 0 Å². The highest BCUT2D eigenvalue weighted by atomic mass is 14.4. The molecule has 2 aliphatic rings. The first kappa shape index (κ1) is 13.4. The van der Waals surface area contributed by atoms with Gasteiger partial charge in [-0.25, -0.2) is 0 Å². The van der Waals surface area contributed by atoms with E-state index >= 15 is 0 Å². The molecule has 0 heteroatoms. The van der Waals surface area contributed by atoms with E-state index in [-0.39, 0.29) is 0 Å². The summed E-state index contributed by atoms with van der Waals surface area (Å²) in [7, 11) is 0. The Hall–Kier alpha value is 0. The first-order valence-electron chi connectivity index (χ1n) is 8.20. The van der Waals surface area contributed by atoms with Crippen molar-refractivity contribution < 1.29 is 0 Å². The fourth-order valence-electron chi connectivity index (χ4n) is 4.35. The second-order valence-electron chi connectivity index (χ2n) is 7.11. The smallest absolute Gasteiger partial charge is 0.0386 e. The molecule has 2 saturated carbocycles. The Balaban J connectivity index is 1.74. The maximum absolute atomic E-state index is 2.41. The summed E-state index contributed by atoms with van der Waals surface area (Å²) in [5.41, 5.74) is 0. The highest BCUT2D eigenvalue weighted by molar-refractivity contribution is 4.82. The molecule has 0 aliphatic heterocycles. The zero-order valence-electron chi connectivity index (χ0n) is 12.3. The van der Waals surface area contributed by atoms with Gasteiger partial charge in [0.25, 0.3) is 0 Å². The molecule has 0 aromatic heterocycles. The summed E-state index contributed by atoms with van der Waals surface area (Å²) >= 11 is 0. The van der Waals surface area contributed by atoms with Crippen LogP contribution >= 0.6 is 0 Å². The molecule has 0 atom stereocenters. The Morgan fingerprint density at radius 3 is 1.65 bits per heavy atom. The molecular formula is C17H32. The lowest BCUT2D eigenvalue weighted by Gasteiger charge is -2.38. The molecule has 0 bridgehead atoms. The van der Waals surface area contributed by atoms with Gasteiger partial charge in [-0.3, -0.25) is 0 Å². The zero-order chi connectivity index (χ0) is 12.3. The predicted octanol–water partition coefficient (Wildman–Crippen LogP) is 5.67. The average Bonchev–Trinajstić information content (AvgIpc) is 2.39. The Morgan fingerprint density at radius 1 is 0.765 bits per heavy atom. The quantitative estimate of drug-likeness (QED) is 0.592. The molecule has 2 fully saturated rings. The lowest BCUT2D eigenvalue weighted by atomic mass is 9.67. The van der Waals surface area contributed by atoms with E-state index < -0.39 is 0 Å². The minimum absolute atomic E-state index is 0.923. The van der Waals surface area contributed by atoms with Crippen molar-refractivity contribution >= 4 is 0 Å². The van der Waals surface area contributed by atoms with Crippen molar-refractivity contribution in [1.29, 1.82) is 0 Å². The summed E-state index contributed by atoms with van der Waals surface area (Å²) in [5, 5.41) is 0. The summed E-state index contributed by atoms with van der Waals surface area (Å²) < 4.78 is 0. The summed E-state index contributed by atoms with van der Waals surface area (Å²) in [5.74, 6) is 5.23. The van der Waals surface area contributed by atoms with Crippen molar-refractivity contribution in [2.75, 3.05) is 0 Å². The van der Waals surface area contributed by atoms with Gasteiger partial charge in [0.1, 0.15) is 0 Å². The monoisotopic (exact) mass is 236 g/mol. The summed E-state index contributed by atoms with van der Waals surface area (Å²) in [4.78, 5) is 0. The largest absolute Gasteiger partial charge is 0.0651 e.